The molecule has 0 bridgehead atoms. The second-order valence-electron chi connectivity index (χ2n) is 5.33. The van der Waals surface area contributed by atoms with Crippen molar-refractivity contribution in [2.75, 3.05) is 0 Å². The Kier molecular flexibility index (Phi) is 5.07. The second-order valence-corrected chi connectivity index (χ2v) is 5.74. The van der Waals surface area contributed by atoms with Crippen LogP contribution in [0, 0.1) is 5.92 Å². The number of phenols is 1. The molecule has 1 aliphatic rings. The van der Waals surface area contributed by atoms with Gasteiger partial charge in [0, 0.05) is 11.6 Å². The largest absolute Gasteiger partial charge is 0.506 e. The number of rotatable bonds is 3. The zero-order chi connectivity index (χ0) is 15.4. The van der Waals surface area contributed by atoms with Crippen LogP contribution >= 0.6 is 11.6 Å². The fraction of sp³-hybridized carbons (Fsp3) is 0.467. The van der Waals surface area contributed by atoms with Crippen LogP contribution in [0.5, 0.6) is 5.75 Å². The second kappa shape index (κ2) is 6.80. The Balaban J connectivity index is 2.12. The summed E-state index contributed by atoms with van der Waals surface area (Å²) in [7, 11) is 0. The number of carboxylic acid groups (broad SMARTS) is 1. The van der Waals surface area contributed by atoms with Crippen LogP contribution in [-0.2, 0) is 4.79 Å². The standard InChI is InChI=1S/C15H18ClNO4/c16-11-8-9(6-7-13(11)18)14(19)17-12-5-3-1-2-4-10(12)15(20)21/h6-8,10,12,18H,1-5H2,(H,17,19)(H,20,21). The molecule has 1 saturated carbocycles. The van der Waals surface area contributed by atoms with E-state index in [0.717, 1.165) is 19.3 Å². The molecule has 5 nitrogen and oxygen atoms in total. The van der Waals surface area contributed by atoms with Crippen LogP contribution in [0.3, 0.4) is 0 Å². The SMILES string of the molecule is O=C(NC1CCCCCC1C(=O)O)c1ccc(O)c(Cl)c1. The van der Waals surface area contributed by atoms with Crippen molar-refractivity contribution in [1.82, 2.24) is 5.32 Å². The normalized spacial score (nSPS) is 22.3. The minimum Gasteiger partial charge on any atom is -0.506 e. The topological polar surface area (TPSA) is 86.6 Å². The van der Waals surface area contributed by atoms with E-state index in [4.69, 9.17) is 11.6 Å². The summed E-state index contributed by atoms with van der Waals surface area (Å²) in [5.74, 6) is -1.88. The fourth-order valence-electron chi connectivity index (χ4n) is 2.68. The number of benzene rings is 1. The lowest BCUT2D eigenvalue weighted by Gasteiger charge is -2.23. The first kappa shape index (κ1) is 15.6. The summed E-state index contributed by atoms with van der Waals surface area (Å²) >= 11 is 5.78. The lowest BCUT2D eigenvalue weighted by atomic mass is 9.94. The summed E-state index contributed by atoms with van der Waals surface area (Å²) in [5, 5.41) is 21.5. The van der Waals surface area contributed by atoms with Gasteiger partial charge in [-0.3, -0.25) is 9.59 Å². The first-order valence-corrected chi connectivity index (χ1v) is 7.39. The van der Waals surface area contributed by atoms with E-state index in [-0.39, 0.29) is 22.7 Å². The quantitative estimate of drug-likeness (QED) is 0.749. The van der Waals surface area contributed by atoms with E-state index in [2.05, 4.69) is 5.32 Å². The molecule has 2 unspecified atom stereocenters. The van der Waals surface area contributed by atoms with Crippen molar-refractivity contribution >= 4 is 23.5 Å². The minimum atomic E-state index is -0.870. The zero-order valence-electron chi connectivity index (χ0n) is 11.5. The summed E-state index contributed by atoms with van der Waals surface area (Å²) in [5.41, 5.74) is 0.311. The molecule has 3 N–H and O–H groups in total. The van der Waals surface area contributed by atoms with Gasteiger partial charge in [0.2, 0.25) is 0 Å². The first-order chi connectivity index (χ1) is 9.99. The molecule has 2 atom stereocenters. The monoisotopic (exact) mass is 311 g/mol. The lowest BCUT2D eigenvalue weighted by Crippen LogP contribution is -2.42. The summed E-state index contributed by atoms with van der Waals surface area (Å²) in [4.78, 5) is 23.5. The number of hydrogen-bond donors (Lipinski definition) is 3. The molecule has 114 valence electrons. The van der Waals surface area contributed by atoms with E-state index < -0.39 is 11.9 Å². The average molecular weight is 312 g/mol. The Morgan fingerprint density at radius 2 is 1.90 bits per heavy atom. The number of hydrogen-bond acceptors (Lipinski definition) is 3. The van der Waals surface area contributed by atoms with Crippen molar-refractivity contribution in [1.29, 1.82) is 0 Å². The Bertz CT molecular complexity index is 546. The van der Waals surface area contributed by atoms with Crippen molar-refractivity contribution < 1.29 is 19.8 Å². The predicted molar refractivity (Wildman–Crippen MR) is 78.6 cm³/mol. The maximum atomic E-state index is 12.2. The van der Waals surface area contributed by atoms with Gasteiger partial charge in [0.05, 0.1) is 10.9 Å². The third-order valence-corrected chi connectivity index (χ3v) is 4.16. The van der Waals surface area contributed by atoms with Gasteiger partial charge in [0.15, 0.2) is 0 Å². The highest BCUT2D eigenvalue weighted by Crippen LogP contribution is 2.26. The van der Waals surface area contributed by atoms with Crippen molar-refractivity contribution in [3.63, 3.8) is 0 Å². The molecular weight excluding hydrogens is 294 g/mol. The molecule has 0 heterocycles. The van der Waals surface area contributed by atoms with E-state index in [1.807, 2.05) is 0 Å². The van der Waals surface area contributed by atoms with Gasteiger partial charge in [-0.2, -0.15) is 0 Å². The van der Waals surface area contributed by atoms with Gasteiger partial charge in [-0.1, -0.05) is 30.9 Å². The number of carboxylic acids is 1. The minimum absolute atomic E-state index is 0.0916. The van der Waals surface area contributed by atoms with E-state index in [1.165, 1.54) is 18.2 Å². The first-order valence-electron chi connectivity index (χ1n) is 7.01. The fourth-order valence-corrected chi connectivity index (χ4v) is 2.86. The average Bonchev–Trinajstić information content (AvgIpc) is 2.67. The summed E-state index contributed by atoms with van der Waals surface area (Å²) < 4.78 is 0. The van der Waals surface area contributed by atoms with Crippen LogP contribution in [-0.4, -0.2) is 28.1 Å². The molecule has 0 saturated heterocycles. The van der Waals surface area contributed by atoms with Crippen molar-refractivity contribution in [3.05, 3.63) is 28.8 Å². The molecule has 6 heteroatoms. The van der Waals surface area contributed by atoms with Crippen LogP contribution in [0.2, 0.25) is 5.02 Å². The molecular formula is C15H18ClNO4. The number of halogens is 1. The third-order valence-electron chi connectivity index (χ3n) is 3.86. The Morgan fingerprint density at radius 1 is 1.19 bits per heavy atom. The van der Waals surface area contributed by atoms with Crippen LogP contribution in [0.1, 0.15) is 42.5 Å². The van der Waals surface area contributed by atoms with Crippen LogP contribution < -0.4 is 5.32 Å². The lowest BCUT2D eigenvalue weighted by molar-refractivity contribution is -0.142. The zero-order valence-corrected chi connectivity index (χ0v) is 12.3. The molecule has 1 aromatic carbocycles. The molecule has 21 heavy (non-hydrogen) atoms. The van der Waals surface area contributed by atoms with Gasteiger partial charge in [-0.05, 0) is 31.0 Å². The van der Waals surface area contributed by atoms with Gasteiger partial charge in [0.1, 0.15) is 5.75 Å². The number of amides is 1. The number of nitrogens with one attached hydrogen (secondary N) is 1. The van der Waals surface area contributed by atoms with E-state index in [9.17, 15) is 19.8 Å². The third kappa shape index (κ3) is 3.88. The Hall–Kier alpha value is -1.75. The molecule has 1 amide bonds. The smallest absolute Gasteiger partial charge is 0.308 e. The molecule has 0 radical (unpaired) electrons. The highest BCUT2D eigenvalue weighted by molar-refractivity contribution is 6.32. The van der Waals surface area contributed by atoms with Gasteiger partial charge >= 0.3 is 5.97 Å². The number of aromatic hydroxyl groups is 1. The van der Waals surface area contributed by atoms with Gasteiger partial charge in [-0.25, -0.2) is 0 Å². The maximum absolute atomic E-state index is 12.2. The summed E-state index contributed by atoms with van der Waals surface area (Å²) in [6.07, 6.45) is 4.01. The molecule has 1 aromatic rings. The highest BCUT2D eigenvalue weighted by atomic mass is 35.5. The van der Waals surface area contributed by atoms with E-state index >= 15 is 0 Å². The molecule has 0 spiro atoms. The number of phenolic OH excluding ortho intramolecular Hbond substituents is 1. The van der Waals surface area contributed by atoms with Crippen molar-refractivity contribution in [2.24, 2.45) is 5.92 Å². The van der Waals surface area contributed by atoms with Crippen LogP contribution in [0.25, 0.3) is 0 Å². The molecule has 0 aromatic heterocycles. The van der Waals surface area contributed by atoms with Gasteiger partial charge in [-0.15, -0.1) is 0 Å². The van der Waals surface area contributed by atoms with Crippen LogP contribution in [0.4, 0.5) is 0 Å². The molecule has 1 fully saturated rings. The number of carbonyl (C=O) groups excluding carboxylic acids is 1. The van der Waals surface area contributed by atoms with Gasteiger partial charge < -0.3 is 15.5 Å². The predicted octanol–water partition coefficient (Wildman–Crippen LogP) is 2.81. The summed E-state index contributed by atoms with van der Waals surface area (Å²) in [6.45, 7) is 0. The van der Waals surface area contributed by atoms with Crippen molar-refractivity contribution in [2.45, 2.75) is 38.1 Å². The molecule has 1 aliphatic carbocycles. The summed E-state index contributed by atoms with van der Waals surface area (Å²) in [6, 6.07) is 3.81. The number of carbonyl (C=O) groups is 2. The Labute approximate surface area is 127 Å². The maximum Gasteiger partial charge on any atom is 0.308 e. The molecule has 2 rings (SSSR count). The van der Waals surface area contributed by atoms with E-state index in [0.29, 0.717) is 18.4 Å². The van der Waals surface area contributed by atoms with Gasteiger partial charge in [0.25, 0.3) is 5.91 Å². The molecule has 0 aliphatic heterocycles. The highest BCUT2D eigenvalue weighted by Gasteiger charge is 2.30. The Morgan fingerprint density at radius 3 is 2.57 bits per heavy atom. The van der Waals surface area contributed by atoms with Crippen molar-refractivity contribution in [3.8, 4) is 5.75 Å². The number of aliphatic carboxylic acids is 1. The van der Waals surface area contributed by atoms with Crippen LogP contribution in [0.15, 0.2) is 18.2 Å². The van der Waals surface area contributed by atoms with E-state index in [1.54, 1.807) is 0 Å².